The molecule has 1 aromatic heterocycles. The Labute approximate surface area is 212 Å². The largest absolute Gasteiger partial charge is 0.485 e. The molecule has 4 heterocycles. The van der Waals surface area contributed by atoms with Crippen molar-refractivity contribution in [1.82, 2.24) is 14.8 Å². The number of benzene rings is 1. The van der Waals surface area contributed by atoms with Gasteiger partial charge < -0.3 is 24.4 Å². The molecule has 8 heteroatoms. The molecule has 2 aromatic rings. The number of piperidine rings is 1. The summed E-state index contributed by atoms with van der Waals surface area (Å²) >= 11 is 0. The molecule has 0 bridgehead atoms. The van der Waals surface area contributed by atoms with Crippen molar-refractivity contribution in [2.45, 2.75) is 70.2 Å². The lowest BCUT2D eigenvalue weighted by atomic mass is 9.78. The Kier molecular flexibility index (Phi) is 6.19. The number of aliphatic hydroxyl groups excluding tert-OH is 1. The van der Waals surface area contributed by atoms with Crippen LogP contribution in [0.1, 0.15) is 68.8 Å². The summed E-state index contributed by atoms with van der Waals surface area (Å²) in [5.74, 6) is 0.913. The Morgan fingerprint density at radius 3 is 2.42 bits per heavy atom. The summed E-state index contributed by atoms with van der Waals surface area (Å²) in [5, 5.41) is 9.72. The number of nitrogens with zero attached hydrogens (tertiary/aromatic N) is 3. The normalized spacial score (nSPS) is 22.9. The van der Waals surface area contributed by atoms with Gasteiger partial charge in [0.2, 0.25) is 0 Å². The van der Waals surface area contributed by atoms with E-state index in [1.165, 1.54) is 0 Å². The number of pyridine rings is 1. The van der Waals surface area contributed by atoms with E-state index in [-0.39, 0.29) is 23.5 Å². The monoisotopic (exact) mass is 493 g/mol. The van der Waals surface area contributed by atoms with Crippen molar-refractivity contribution < 1.29 is 24.2 Å². The first-order valence-corrected chi connectivity index (χ1v) is 12.8. The van der Waals surface area contributed by atoms with E-state index in [9.17, 15) is 14.7 Å². The fraction of sp³-hybridized carbons (Fsp3) is 0.536. The smallest absolute Gasteiger partial charge is 0.410 e. The van der Waals surface area contributed by atoms with Crippen molar-refractivity contribution in [2.75, 3.05) is 26.2 Å². The van der Waals surface area contributed by atoms with Gasteiger partial charge in [0.25, 0.3) is 5.91 Å². The summed E-state index contributed by atoms with van der Waals surface area (Å²) in [6.45, 7) is 9.99. The second-order valence-electron chi connectivity index (χ2n) is 11.2. The average molecular weight is 494 g/mol. The minimum absolute atomic E-state index is 0.0540. The molecular formula is C28H35N3O5. The van der Waals surface area contributed by atoms with Crippen LogP contribution in [0.5, 0.6) is 5.75 Å². The molecule has 2 amide bonds. The standard InChI is InChI=1S/C28H35N3O5/c1-18-22-15-23(19-5-7-20(8-6-19)25(33)31-12-9-21(32)17-31)29-16-24(22)35-28(18)10-13-30(14-11-28)26(34)36-27(2,3)4/h5-8,15-16,18,21,32H,9-14,17H2,1-4H3/t18?,21-/m1/s1. The molecule has 192 valence electrons. The summed E-state index contributed by atoms with van der Waals surface area (Å²) < 4.78 is 12.0. The Morgan fingerprint density at radius 2 is 1.81 bits per heavy atom. The van der Waals surface area contributed by atoms with Crippen LogP contribution in [-0.4, -0.2) is 75.4 Å². The summed E-state index contributed by atoms with van der Waals surface area (Å²) in [6.07, 6.45) is 3.19. The van der Waals surface area contributed by atoms with Gasteiger partial charge in [-0.1, -0.05) is 19.1 Å². The summed E-state index contributed by atoms with van der Waals surface area (Å²) in [4.78, 5) is 33.3. The van der Waals surface area contributed by atoms with Crippen LogP contribution in [0.25, 0.3) is 11.3 Å². The number of ether oxygens (including phenoxy) is 2. The van der Waals surface area contributed by atoms with E-state index in [4.69, 9.17) is 9.47 Å². The minimum Gasteiger partial charge on any atom is -0.485 e. The molecule has 3 aliphatic rings. The van der Waals surface area contributed by atoms with Crippen molar-refractivity contribution in [3.05, 3.63) is 47.7 Å². The molecule has 2 atom stereocenters. The third-order valence-electron chi connectivity index (χ3n) is 7.61. The molecule has 2 saturated heterocycles. The van der Waals surface area contributed by atoms with Gasteiger partial charge in [-0.05, 0) is 45.4 Å². The quantitative estimate of drug-likeness (QED) is 0.674. The molecule has 8 nitrogen and oxygen atoms in total. The lowest BCUT2D eigenvalue weighted by molar-refractivity contribution is -0.0168. The van der Waals surface area contributed by atoms with Crippen LogP contribution in [0.3, 0.4) is 0 Å². The zero-order valence-corrected chi connectivity index (χ0v) is 21.5. The molecule has 5 rings (SSSR count). The number of aromatic nitrogens is 1. The summed E-state index contributed by atoms with van der Waals surface area (Å²) in [7, 11) is 0. The van der Waals surface area contributed by atoms with Gasteiger partial charge in [0.1, 0.15) is 17.0 Å². The number of hydrogen-bond acceptors (Lipinski definition) is 6. The number of rotatable bonds is 2. The first-order chi connectivity index (χ1) is 17.0. The number of β-amino-alcohol motifs (C(OH)–C–C–N with tert-alkyl or cyclic N) is 1. The van der Waals surface area contributed by atoms with E-state index in [2.05, 4.69) is 18.0 Å². The number of amides is 2. The molecule has 1 aromatic carbocycles. The minimum atomic E-state index is -0.510. The molecular weight excluding hydrogens is 458 g/mol. The van der Waals surface area contributed by atoms with Gasteiger partial charge >= 0.3 is 6.09 Å². The maximum Gasteiger partial charge on any atom is 0.410 e. The van der Waals surface area contributed by atoms with Gasteiger partial charge in [-0.15, -0.1) is 0 Å². The predicted molar refractivity (Wildman–Crippen MR) is 135 cm³/mol. The van der Waals surface area contributed by atoms with Gasteiger partial charge in [0, 0.05) is 61.6 Å². The molecule has 1 unspecified atom stereocenters. The van der Waals surface area contributed by atoms with Gasteiger partial charge in [0.15, 0.2) is 0 Å². The zero-order valence-electron chi connectivity index (χ0n) is 21.5. The van der Waals surface area contributed by atoms with Crippen molar-refractivity contribution in [2.24, 2.45) is 0 Å². The molecule has 0 saturated carbocycles. The van der Waals surface area contributed by atoms with Crippen LogP contribution in [0, 0.1) is 0 Å². The lowest BCUT2D eigenvalue weighted by Crippen LogP contribution is -2.51. The predicted octanol–water partition coefficient (Wildman–Crippen LogP) is 4.22. The number of aliphatic hydroxyl groups is 1. The number of likely N-dealkylation sites (tertiary alicyclic amines) is 2. The number of hydrogen-bond donors (Lipinski definition) is 1. The van der Waals surface area contributed by atoms with E-state index in [1.807, 2.05) is 45.0 Å². The molecule has 2 fully saturated rings. The highest BCUT2D eigenvalue weighted by Crippen LogP contribution is 2.50. The maximum absolute atomic E-state index is 12.7. The third kappa shape index (κ3) is 4.66. The zero-order chi connectivity index (χ0) is 25.7. The first kappa shape index (κ1) is 24.6. The summed E-state index contributed by atoms with van der Waals surface area (Å²) in [6, 6.07) is 9.58. The molecule has 1 spiro atoms. The van der Waals surface area contributed by atoms with Crippen LogP contribution in [0.4, 0.5) is 4.79 Å². The SMILES string of the molecule is CC1c2cc(-c3ccc(C(=O)N4CC[C@@H](O)C4)cc3)ncc2OC12CCN(C(=O)OC(C)(C)C)CC2. The first-order valence-electron chi connectivity index (χ1n) is 12.8. The maximum atomic E-state index is 12.7. The van der Waals surface area contributed by atoms with Crippen LogP contribution >= 0.6 is 0 Å². The fourth-order valence-electron chi connectivity index (χ4n) is 5.45. The van der Waals surface area contributed by atoms with E-state index >= 15 is 0 Å². The Morgan fingerprint density at radius 1 is 1.11 bits per heavy atom. The third-order valence-corrected chi connectivity index (χ3v) is 7.61. The van der Waals surface area contributed by atoms with Crippen LogP contribution < -0.4 is 4.74 Å². The number of fused-ring (bicyclic) bond motifs is 1. The van der Waals surface area contributed by atoms with Crippen molar-refractivity contribution in [1.29, 1.82) is 0 Å². The van der Waals surface area contributed by atoms with E-state index in [0.717, 1.165) is 35.4 Å². The lowest BCUT2D eigenvalue weighted by Gasteiger charge is -2.41. The molecule has 36 heavy (non-hydrogen) atoms. The topological polar surface area (TPSA) is 92.2 Å². The van der Waals surface area contributed by atoms with Crippen molar-refractivity contribution in [3.63, 3.8) is 0 Å². The Hall–Kier alpha value is -3.13. The van der Waals surface area contributed by atoms with E-state index in [1.54, 1.807) is 16.0 Å². The molecule has 0 aliphatic carbocycles. The number of carbonyl (C=O) groups excluding carboxylic acids is 2. The van der Waals surface area contributed by atoms with Crippen LogP contribution in [0.2, 0.25) is 0 Å². The van der Waals surface area contributed by atoms with Gasteiger partial charge in [-0.3, -0.25) is 9.78 Å². The van der Waals surface area contributed by atoms with Gasteiger partial charge in [-0.2, -0.15) is 0 Å². The second-order valence-corrected chi connectivity index (χ2v) is 11.2. The molecule has 1 N–H and O–H groups in total. The summed E-state index contributed by atoms with van der Waals surface area (Å²) in [5.41, 5.74) is 2.65. The highest BCUT2D eigenvalue weighted by Gasteiger charge is 2.49. The Balaban J connectivity index is 1.27. The molecule has 3 aliphatic heterocycles. The van der Waals surface area contributed by atoms with E-state index in [0.29, 0.717) is 38.2 Å². The van der Waals surface area contributed by atoms with Crippen LogP contribution in [0.15, 0.2) is 36.5 Å². The highest BCUT2D eigenvalue weighted by molar-refractivity contribution is 5.94. The highest BCUT2D eigenvalue weighted by atomic mass is 16.6. The second kappa shape index (κ2) is 9.07. The van der Waals surface area contributed by atoms with Crippen molar-refractivity contribution in [3.8, 4) is 17.0 Å². The van der Waals surface area contributed by atoms with Gasteiger partial charge in [-0.25, -0.2) is 4.79 Å². The van der Waals surface area contributed by atoms with Crippen LogP contribution in [-0.2, 0) is 4.74 Å². The van der Waals surface area contributed by atoms with Crippen molar-refractivity contribution >= 4 is 12.0 Å². The van der Waals surface area contributed by atoms with E-state index < -0.39 is 11.7 Å². The fourth-order valence-corrected chi connectivity index (χ4v) is 5.45. The van der Waals surface area contributed by atoms with Gasteiger partial charge in [0.05, 0.1) is 18.0 Å². The molecule has 0 radical (unpaired) electrons. The average Bonchev–Trinajstić information content (AvgIpc) is 3.39. The number of carbonyl (C=O) groups is 2. The Bertz CT molecular complexity index is 1150.